The minimum Gasteiger partial charge on any atom is -0.328 e. The largest absolute Gasteiger partial charge is 0.328 e. The molecule has 5 rings (SSSR count). The number of aromatic nitrogens is 3. The van der Waals surface area contributed by atoms with Gasteiger partial charge in [-0.05, 0) is 42.4 Å². The van der Waals surface area contributed by atoms with Gasteiger partial charge in [0.1, 0.15) is 6.04 Å². The number of Topliss-reactive ketones (excluding diaryl/α,β-unsaturated/α-hetero) is 1. The molecule has 5 heteroatoms. The van der Waals surface area contributed by atoms with Gasteiger partial charge in [-0.25, -0.2) is 4.68 Å². The van der Waals surface area contributed by atoms with E-state index in [9.17, 15) is 4.79 Å². The number of benzene rings is 2. The van der Waals surface area contributed by atoms with Gasteiger partial charge < -0.3 is 5.32 Å². The number of hydrogen-bond donors (Lipinski definition) is 1. The molecule has 1 atom stereocenters. The second-order valence-corrected chi connectivity index (χ2v) is 9.53. The Labute approximate surface area is 183 Å². The van der Waals surface area contributed by atoms with E-state index in [1.165, 1.54) is 11.1 Å². The van der Waals surface area contributed by atoms with Gasteiger partial charge in [-0.1, -0.05) is 68.8 Å². The van der Waals surface area contributed by atoms with Crippen LogP contribution in [0.3, 0.4) is 0 Å². The average molecular weight is 413 g/mol. The van der Waals surface area contributed by atoms with Crippen LogP contribution in [0.25, 0.3) is 11.4 Å². The number of nitrogens with one attached hydrogen (secondary N) is 1. The Morgan fingerprint density at radius 2 is 1.90 bits per heavy atom. The maximum absolute atomic E-state index is 13.3. The fourth-order valence-corrected chi connectivity index (χ4v) is 4.76. The van der Waals surface area contributed by atoms with E-state index in [4.69, 9.17) is 10.1 Å². The van der Waals surface area contributed by atoms with E-state index < -0.39 is 0 Å². The summed E-state index contributed by atoms with van der Waals surface area (Å²) < 4.78 is 1.90. The molecule has 0 fully saturated rings. The third-order valence-corrected chi connectivity index (χ3v) is 6.31. The van der Waals surface area contributed by atoms with Gasteiger partial charge in [0.05, 0.1) is 0 Å². The van der Waals surface area contributed by atoms with E-state index in [-0.39, 0.29) is 17.2 Å². The summed E-state index contributed by atoms with van der Waals surface area (Å²) in [5.41, 5.74) is 6.25. The van der Waals surface area contributed by atoms with E-state index in [0.717, 1.165) is 35.2 Å². The topological polar surface area (TPSA) is 59.8 Å². The molecule has 1 aliphatic heterocycles. The molecule has 158 valence electrons. The van der Waals surface area contributed by atoms with Crippen molar-refractivity contribution in [2.24, 2.45) is 5.41 Å². The maximum atomic E-state index is 13.3. The van der Waals surface area contributed by atoms with Crippen molar-refractivity contribution in [3.8, 4) is 11.4 Å². The summed E-state index contributed by atoms with van der Waals surface area (Å²) in [6.45, 7) is 8.52. The van der Waals surface area contributed by atoms with Gasteiger partial charge in [0.2, 0.25) is 5.95 Å². The summed E-state index contributed by atoms with van der Waals surface area (Å²) in [6, 6.07) is 16.5. The lowest BCUT2D eigenvalue weighted by atomic mass is 9.73. The SMILES string of the molecule is CCc1ccc(C2C3=C(CC(C)(C)CC3=O)Nc3nc(-c4cccc(C)c4)nn32)cc1. The molecule has 0 saturated carbocycles. The predicted molar refractivity (Wildman–Crippen MR) is 123 cm³/mol. The molecule has 0 bridgehead atoms. The molecule has 1 aromatic heterocycles. The fraction of sp³-hybridized carbons (Fsp3) is 0.346. The van der Waals surface area contributed by atoms with Crippen LogP contribution < -0.4 is 5.32 Å². The summed E-state index contributed by atoms with van der Waals surface area (Å²) in [6.07, 6.45) is 2.36. The van der Waals surface area contributed by atoms with Crippen molar-refractivity contribution in [3.63, 3.8) is 0 Å². The highest BCUT2D eigenvalue weighted by molar-refractivity contribution is 6.00. The molecule has 0 amide bonds. The lowest BCUT2D eigenvalue weighted by molar-refractivity contribution is -0.118. The Morgan fingerprint density at radius 3 is 2.61 bits per heavy atom. The summed E-state index contributed by atoms with van der Waals surface area (Å²) in [4.78, 5) is 18.2. The quantitative estimate of drug-likeness (QED) is 0.619. The van der Waals surface area contributed by atoms with Gasteiger partial charge in [0, 0.05) is 23.3 Å². The van der Waals surface area contributed by atoms with Crippen LogP contribution in [0.4, 0.5) is 5.95 Å². The third-order valence-electron chi connectivity index (χ3n) is 6.31. The van der Waals surface area contributed by atoms with Crippen molar-refractivity contribution in [1.82, 2.24) is 14.8 Å². The number of fused-ring (bicyclic) bond motifs is 1. The first-order chi connectivity index (χ1) is 14.8. The lowest BCUT2D eigenvalue weighted by Gasteiger charge is -2.38. The van der Waals surface area contributed by atoms with Crippen molar-refractivity contribution in [1.29, 1.82) is 0 Å². The molecule has 5 nitrogen and oxygen atoms in total. The minimum absolute atomic E-state index is 0.0684. The molecule has 1 unspecified atom stereocenters. The smallest absolute Gasteiger partial charge is 0.226 e. The predicted octanol–water partition coefficient (Wildman–Crippen LogP) is 5.47. The third kappa shape index (κ3) is 3.48. The zero-order valence-corrected chi connectivity index (χ0v) is 18.6. The van der Waals surface area contributed by atoms with Crippen molar-refractivity contribution < 1.29 is 4.79 Å². The number of anilines is 1. The standard InChI is InChI=1S/C26H28N4O/c1-5-17-9-11-18(12-10-17)23-22-20(14-26(3,4)15-21(22)31)27-25-28-24(29-30(23)25)19-8-6-7-16(2)13-19/h6-13,23H,5,14-15H2,1-4H3,(H,27,28,29). The minimum atomic E-state index is -0.258. The number of carbonyl (C=O) groups is 1. The first-order valence-corrected chi connectivity index (χ1v) is 11.0. The van der Waals surface area contributed by atoms with Crippen LogP contribution in [-0.4, -0.2) is 20.5 Å². The molecule has 3 aromatic rings. The van der Waals surface area contributed by atoms with Crippen molar-refractivity contribution >= 4 is 11.7 Å². The second kappa shape index (κ2) is 7.19. The van der Waals surface area contributed by atoms with Crippen molar-refractivity contribution in [3.05, 3.63) is 76.5 Å². The molecule has 0 spiro atoms. The molecule has 2 aromatic carbocycles. The molecular formula is C26H28N4O. The molecule has 0 saturated heterocycles. The van der Waals surface area contributed by atoms with Crippen LogP contribution in [0, 0.1) is 12.3 Å². The van der Waals surface area contributed by atoms with Gasteiger partial charge in [0.25, 0.3) is 0 Å². The lowest BCUT2D eigenvalue weighted by Crippen LogP contribution is -2.36. The number of allylic oxidation sites excluding steroid dienone is 2. The maximum Gasteiger partial charge on any atom is 0.226 e. The van der Waals surface area contributed by atoms with E-state index in [2.05, 4.69) is 69.4 Å². The zero-order chi connectivity index (χ0) is 21.8. The summed E-state index contributed by atoms with van der Waals surface area (Å²) in [7, 11) is 0. The van der Waals surface area contributed by atoms with Crippen LogP contribution >= 0.6 is 0 Å². The molecule has 31 heavy (non-hydrogen) atoms. The Kier molecular flexibility index (Phi) is 4.58. The van der Waals surface area contributed by atoms with E-state index in [1.54, 1.807) is 0 Å². The fourth-order valence-electron chi connectivity index (χ4n) is 4.76. The van der Waals surface area contributed by atoms with Crippen LogP contribution in [-0.2, 0) is 11.2 Å². The van der Waals surface area contributed by atoms with Crippen molar-refractivity contribution in [2.45, 2.75) is 53.0 Å². The Morgan fingerprint density at radius 1 is 1.13 bits per heavy atom. The van der Waals surface area contributed by atoms with Gasteiger partial charge in [-0.3, -0.25) is 4.79 Å². The van der Waals surface area contributed by atoms with E-state index >= 15 is 0 Å². The molecule has 0 radical (unpaired) electrons. The number of rotatable bonds is 3. The van der Waals surface area contributed by atoms with E-state index in [0.29, 0.717) is 18.2 Å². The van der Waals surface area contributed by atoms with E-state index in [1.807, 2.05) is 16.8 Å². The average Bonchev–Trinajstić information content (AvgIpc) is 3.15. The summed E-state index contributed by atoms with van der Waals surface area (Å²) >= 11 is 0. The zero-order valence-electron chi connectivity index (χ0n) is 18.6. The Bertz CT molecular complexity index is 1200. The molecule has 2 aliphatic rings. The first kappa shape index (κ1) is 19.7. The van der Waals surface area contributed by atoms with Crippen LogP contribution in [0.5, 0.6) is 0 Å². The van der Waals surface area contributed by atoms with Gasteiger partial charge in [0.15, 0.2) is 11.6 Å². The van der Waals surface area contributed by atoms with Gasteiger partial charge in [-0.15, -0.1) is 5.10 Å². The second-order valence-electron chi connectivity index (χ2n) is 9.53. The molecular weight excluding hydrogens is 384 g/mol. The molecule has 1 N–H and O–H groups in total. The summed E-state index contributed by atoms with van der Waals surface area (Å²) in [5, 5.41) is 8.34. The number of aryl methyl sites for hydroxylation is 2. The first-order valence-electron chi connectivity index (χ1n) is 11.0. The highest BCUT2D eigenvalue weighted by Gasteiger charge is 2.41. The van der Waals surface area contributed by atoms with Gasteiger partial charge >= 0.3 is 0 Å². The normalized spacial score (nSPS) is 19.6. The highest BCUT2D eigenvalue weighted by atomic mass is 16.1. The number of hydrogen-bond acceptors (Lipinski definition) is 4. The van der Waals surface area contributed by atoms with Crippen LogP contribution in [0.15, 0.2) is 59.8 Å². The van der Waals surface area contributed by atoms with Crippen molar-refractivity contribution in [2.75, 3.05) is 5.32 Å². The highest BCUT2D eigenvalue weighted by Crippen LogP contribution is 2.45. The van der Waals surface area contributed by atoms with Gasteiger partial charge in [-0.2, -0.15) is 4.98 Å². The Balaban J connectivity index is 1.67. The number of nitrogens with zero attached hydrogens (tertiary/aromatic N) is 3. The number of carbonyl (C=O) groups excluding carboxylic acids is 1. The Hall–Kier alpha value is -3.21. The number of ketones is 1. The van der Waals surface area contributed by atoms with Crippen LogP contribution in [0.1, 0.15) is 56.3 Å². The molecule has 1 aliphatic carbocycles. The van der Waals surface area contributed by atoms with Crippen LogP contribution in [0.2, 0.25) is 0 Å². The monoisotopic (exact) mass is 412 g/mol. The molecule has 2 heterocycles. The summed E-state index contributed by atoms with van der Waals surface area (Å²) in [5.74, 6) is 1.57.